The molecular weight excluding hydrogens is 302 g/mol. The first-order valence-corrected chi connectivity index (χ1v) is 7.81. The number of carbonyl (C=O) groups is 1. The molecule has 0 fully saturated rings. The Morgan fingerprint density at radius 3 is 2.68 bits per heavy atom. The van der Waals surface area contributed by atoms with Crippen LogP contribution in [0.3, 0.4) is 0 Å². The van der Waals surface area contributed by atoms with Crippen LogP contribution < -0.4 is 15.8 Å². The summed E-state index contributed by atoms with van der Waals surface area (Å²) >= 11 is 6.18. The van der Waals surface area contributed by atoms with Gasteiger partial charge in [-0.05, 0) is 45.6 Å². The molecule has 0 aromatic heterocycles. The SMILES string of the molecule is CCCC(C)(N)C(=O)Nc1ccc(OCCN(C)C)c(Cl)c1. The Balaban J connectivity index is 2.67. The summed E-state index contributed by atoms with van der Waals surface area (Å²) < 4.78 is 5.60. The molecule has 5 nitrogen and oxygen atoms in total. The number of rotatable bonds is 8. The molecule has 0 spiro atoms. The molecule has 0 bridgehead atoms. The van der Waals surface area contributed by atoms with Crippen molar-refractivity contribution in [1.82, 2.24) is 4.90 Å². The van der Waals surface area contributed by atoms with Crippen LogP contribution in [0, 0.1) is 0 Å². The third-order valence-electron chi connectivity index (χ3n) is 3.27. The molecule has 0 aliphatic heterocycles. The van der Waals surface area contributed by atoms with Gasteiger partial charge in [0.15, 0.2) is 0 Å². The Bertz CT molecular complexity index is 504. The highest BCUT2D eigenvalue weighted by molar-refractivity contribution is 6.32. The third-order valence-corrected chi connectivity index (χ3v) is 3.57. The topological polar surface area (TPSA) is 67.6 Å². The summed E-state index contributed by atoms with van der Waals surface area (Å²) in [5, 5.41) is 3.26. The lowest BCUT2D eigenvalue weighted by atomic mass is 9.96. The molecule has 0 heterocycles. The van der Waals surface area contributed by atoms with Crippen LogP contribution in [0.2, 0.25) is 5.02 Å². The maximum absolute atomic E-state index is 12.2. The van der Waals surface area contributed by atoms with Crippen molar-refractivity contribution in [3.05, 3.63) is 23.2 Å². The molecule has 0 saturated heterocycles. The lowest BCUT2D eigenvalue weighted by Gasteiger charge is -2.23. The zero-order valence-electron chi connectivity index (χ0n) is 13.8. The highest BCUT2D eigenvalue weighted by Gasteiger charge is 2.27. The van der Waals surface area contributed by atoms with Gasteiger partial charge in [0, 0.05) is 12.2 Å². The molecule has 1 amide bonds. The van der Waals surface area contributed by atoms with Crippen LogP contribution in [0.1, 0.15) is 26.7 Å². The quantitative estimate of drug-likeness (QED) is 0.770. The average Bonchev–Trinajstić information content (AvgIpc) is 2.40. The third kappa shape index (κ3) is 5.83. The van der Waals surface area contributed by atoms with Crippen LogP contribution in [-0.4, -0.2) is 43.6 Å². The van der Waals surface area contributed by atoms with Crippen LogP contribution in [0.5, 0.6) is 5.75 Å². The second-order valence-electron chi connectivity index (χ2n) is 5.92. The smallest absolute Gasteiger partial charge is 0.244 e. The highest BCUT2D eigenvalue weighted by Crippen LogP contribution is 2.28. The van der Waals surface area contributed by atoms with Crippen LogP contribution >= 0.6 is 11.6 Å². The van der Waals surface area contributed by atoms with E-state index in [0.29, 0.717) is 29.5 Å². The Hall–Kier alpha value is -1.30. The van der Waals surface area contributed by atoms with Gasteiger partial charge in [-0.3, -0.25) is 4.79 Å². The van der Waals surface area contributed by atoms with Crippen molar-refractivity contribution < 1.29 is 9.53 Å². The van der Waals surface area contributed by atoms with E-state index >= 15 is 0 Å². The van der Waals surface area contributed by atoms with Crippen LogP contribution in [-0.2, 0) is 4.79 Å². The maximum Gasteiger partial charge on any atom is 0.244 e. The number of likely N-dealkylation sites (N-methyl/N-ethyl adjacent to an activating group) is 1. The second-order valence-corrected chi connectivity index (χ2v) is 6.33. The highest BCUT2D eigenvalue weighted by atomic mass is 35.5. The molecule has 6 heteroatoms. The summed E-state index contributed by atoms with van der Waals surface area (Å²) in [5.74, 6) is 0.386. The molecule has 1 rings (SSSR count). The van der Waals surface area contributed by atoms with E-state index in [0.717, 1.165) is 13.0 Å². The minimum atomic E-state index is -0.887. The summed E-state index contributed by atoms with van der Waals surface area (Å²) in [6, 6.07) is 5.19. The first-order valence-electron chi connectivity index (χ1n) is 7.43. The summed E-state index contributed by atoms with van der Waals surface area (Å²) in [4.78, 5) is 14.2. The van der Waals surface area contributed by atoms with Crippen molar-refractivity contribution in [3.63, 3.8) is 0 Å². The van der Waals surface area contributed by atoms with E-state index in [1.165, 1.54) is 0 Å². The van der Waals surface area contributed by atoms with Crippen molar-refractivity contribution in [2.24, 2.45) is 5.73 Å². The van der Waals surface area contributed by atoms with Crippen molar-refractivity contribution >= 4 is 23.2 Å². The molecule has 1 atom stereocenters. The molecule has 0 aliphatic rings. The number of nitrogens with one attached hydrogen (secondary N) is 1. The van der Waals surface area contributed by atoms with Gasteiger partial charge in [-0.25, -0.2) is 0 Å². The van der Waals surface area contributed by atoms with Gasteiger partial charge in [0.25, 0.3) is 0 Å². The standard InChI is InChI=1S/C16H26ClN3O2/c1-5-8-16(2,18)15(21)19-12-6-7-14(13(17)11-12)22-10-9-20(3)4/h6-7,11H,5,8-10,18H2,1-4H3,(H,19,21). The van der Waals surface area contributed by atoms with Gasteiger partial charge >= 0.3 is 0 Å². The fourth-order valence-electron chi connectivity index (χ4n) is 1.94. The molecular formula is C16H26ClN3O2. The lowest BCUT2D eigenvalue weighted by Crippen LogP contribution is -2.48. The number of benzene rings is 1. The monoisotopic (exact) mass is 327 g/mol. The fraction of sp³-hybridized carbons (Fsp3) is 0.562. The second kappa shape index (κ2) is 8.36. The van der Waals surface area contributed by atoms with Crippen LogP contribution in [0.25, 0.3) is 0 Å². The lowest BCUT2D eigenvalue weighted by molar-refractivity contribution is -0.120. The van der Waals surface area contributed by atoms with E-state index in [2.05, 4.69) is 5.32 Å². The van der Waals surface area contributed by atoms with E-state index in [-0.39, 0.29) is 5.91 Å². The van der Waals surface area contributed by atoms with Crippen molar-refractivity contribution in [3.8, 4) is 5.75 Å². The van der Waals surface area contributed by atoms with E-state index in [1.54, 1.807) is 25.1 Å². The minimum Gasteiger partial charge on any atom is -0.491 e. The summed E-state index contributed by atoms with van der Waals surface area (Å²) in [7, 11) is 3.95. The number of anilines is 1. The first-order chi connectivity index (χ1) is 10.3. The van der Waals surface area contributed by atoms with E-state index in [9.17, 15) is 4.79 Å². The molecule has 1 aromatic carbocycles. The number of nitrogens with zero attached hydrogens (tertiary/aromatic N) is 1. The Morgan fingerprint density at radius 1 is 1.45 bits per heavy atom. The van der Waals surface area contributed by atoms with E-state index < -0.39 is 5.54 Å². The molecule has 1 unspecified atom stereocenters. The molecule has 3 N–H and O–H groups in total. The number of amides is 1. The van der Waals surface area contributed by atoms with Crippen LogP contribution in [0.4, 0.5) is 5.69 Å². The van der Waals surface area contributed by atoms with Gasteiger partial charge in [0.2, 0.25) is 5.91 Å². The zero-order valence-corrected chi connectivity index (χ0v) is 14.5. The average molecular weight is 328 g/mol. The van der Waals surface area contributed by atoms with Gasteiger partial charge in [-0.15, -0.1) is 0 Å². The van der Waals surface area contributed by atoms with Gasteiger partial charge in [0.1, 0.15) is 12.4 Å². The van der Waals surface area contributed by atoms with Gasteiger partial charge in [-0.1, -0.05) is 24.9 Å². The van der Waals surface area contributed by atoms with Gasteiger partial charge in [0.05, 0.1) is 10.6 Å². The maximum atomic E-state index is 12.2. The molecule has 0 saturated carbocycles. The first kappa shape index (κ1) is 18.7. The number of ether oxygens (including phenoxy) is 1. The number of halogens is 1. The number of carbonyl (C=O) groups excluding carboxylic acids is 1. The predicted octanol–water partition coefficient (Wildman–Crippen LogP) is 2.74. The zero-order chi connectivity index (χ0) is 16.8. The summed E-state index contributed by atoms with van der Waals surface area (Å²) in [6.45, 7) is 5.08. The molecule has 0 aliphatic carbocycles. The summed E-state index contributed by atoms with van der Waals surface area (Å²) in [6.07, 6.45) is 1.47. The Morgan fingerprint density at radius 2 is 2.14 bits per heavy atom. The number of nitrogens with two attached hydrogens (primary N) is 1. The normalized spacial score (nSPS) is 13.8. The molecule has 0 radical (unpaired) electrons. The van der Waals surface area contributed by atoms with Crippen LogP contribution in [0.15, 0.2) is 18.2 Å². The van der Waals surface area contributed by atoms with Crippen molar-refractivity contribution in [2.45, 2.75) is 32.2 Å². The van der Waals surface area contributed by atoms with E-state index in [1.807, 2.05) is 25.9 Å². The fourth-order valence-corrected chi connectivity index (χ4v) is 2.18. The largest absolute Gasteiger partial charge is 0.491 e. The minimum absolute atomic E-state index is 0.216. The van der Waals surface area contributed by atoms with Gasteiger partial charge < -0.3 is 20.7 Å². The molecule has 22 heavy (non-hydrogen) atoms. The van der Waals surface area contributed by atoms with Crippen molar-refractivity contribution in [2.75, 3.05) is 32.6 Å². The predicted molar refractivity (Wildman–Crippen MR) is 91.6 cm³/mol. The Labute approximate surface area is 137 Å². The Kier molecular flexibility index (Phi) is 7.13. The molecule has 124 valence electrons. The summed E-state index contributed by atoms with van der Waals surface area (Å²) in [5.41, 5.74) is 5.73. The van der Waals surface area contributed by atoms with Gasteiger partial charge in [-0.2, -0.15) is 0 Å². The molecule has 1 aromatic rings. The van der Waals surface area contributed by atoms with E-state index in [4.69, 9.17) is 22.1 Å². The van der Waals surface area contributed by atoms with Crippen molar-refractivity contribution in [1.29, 1.82) is 0 Å². The number of hydrogen-bond acceptors (Lipinski definition) is 4. The number of hydrogen-bond donors (Lipinski definition) is 2.